The fourth-order valence-electron chi connectivity index (χ4n) is 3.73. The predicted molar refractivity (Wildman–Crippen MR) is 138 cm³/mol. The van der Waals surface area contributed by atoms with Gasteiger partial charge in [0.25, 0.3) is 0 Å². The molecule has 9 heteroatoms. The number of carbonyl (C=O) groups excluding carboxylic acids is 1. The van der Waals surface area contributed by atoms with Crippen molar-refractivity contribution in [3.63, 3.8) is 0 Å². The molecule has 1 amide bonds. The molecule has 2 atom stereocenters. The summed E-state index contributed by atoms with van der Waals surface area (Å²) in [5, 5.41) is 13.9. The summed E-state index contributed by atoms with van der Waals surface area (Å²) in [5.74, 6) is 0.0284. The summed E-state index contributed by atoms with van der Waals surface area (Å²) in [4.78, 5) is 16.8. The maximum Gasteiger partial charge on any atom is 0.407 e. The normalized spacial score (nSPS) is 13.4. The molecule has 2 N–H and O–H groups in total. The molecule has 0 saturated carbocycles. The summed E-state index contributed by atoms with van der Waals surface area (Å²) >= 11 is 0. The number of rotatable bonds is 12. The maximum atomic E-state index is 13.4. The number of aliphatic hydroxyl groups is 1. The van der Waals surface area contributed by atoms with Crippen molar-refractivity contribution in [2.24, 2.45) is 5.92 Å². The van der Waals surface area contributed by atoms with Crippen molar-refractivity contribution in [2.45, 2.75) is 43.9 Å². The van der Waals surface area contributed by atoms with Crippen LogP contribution in [0.5, 0.6) is 0 Å². The minimum absolute atomic E-state index is 0.0235. The summed E-state index contributed by atoms with van der Waals surface area (Å²) in [6.45, 7) is 3.88. The number of nitrogens with one attached hydrogen (secondary N) is 1. The van der Waals surface area contributed by atoms with Crippen molar-refractivity contribution in [1.29, 1.82) is 0 Å². The Kier molecular flexibility index (Phi) is 9.98. The lowest BCUT2D eigenvalue weighted by atomic mass is 10.0. The Morgan fingerprint density at radius 2 is 1.61 bits per heavy atom. The molecule has 0 radical (unpaired) electrons. The number of sulfonamides is 1. The van der Waals surface area contributed by atoms with Gasteiger partial charge in [-0.2, -0.15) is 4.31 Å². The van der Waals surface area contributed by atoms with Crippen LogP contribution < -0.4 is 5.32 Å². The second-order valence-electron chi connectivity index (χ2n) is 8.97. The van der Waals surface area contributed by atoms with Gasteiger partial charge in [0, 0.05) is 31.0 Å². The number of carbonyl (C=O) groups is 1. The summed E-state index contributed by atoms with van der Waals surface area (Å²) in [6.07, 6.45) is 1.63. The van der Waals surface area contributed by atoms with Crippen LogP contribution in [0.15, 0.2) is 90.1 Å². The van der Waals surface area contributed by atoms with Gasteiger partial charge in [-0.15, -0.1) is 0 Å². The Morgan fingerprint density at radius 1 is 0.972 bits per heavy atom. The minimum Gasteiger partial charge on any atom is -0.445 e. The summed E-state index contributed by atoms with van der Waals surface area (Å²) in [5.41, 5.74) is 1.61. The Morgan fingerprint density at radius 3 is 2.22 bits per heavy atom. The zero-order valence-corrected chi connectivity index (χ0v) is 21.3. The van der Waals surface area contributed by atoms with Gasteiger partial charge in [-0.05, 0) is 36.1 Å². The molecule has 0 bridgehead atoms. The first-order chi connectivity index (χ1) is 17.3. The smallest absolute Gasteiger partial charge is 0.407 e. The zero-order valence-electron chi connectivity index (χ0n) is 20.5. The van der Waals surface area contributed by atoms with E-state index in [1.807, 2.05) is 44.2 Å². The van der Waals surface area contributed by atoms with Crippen molar-refractivity contribution < 1.29 is 23.1 Å². The van der Waals surface area contributed by atoms with Crippen molar-refractivity contribution in [1.82, 2.24) is 14.6 Å². The van der Waals surface area contributed by atoms with Gasteiger partial charge in [-0.3, -0.25) is 4.98 Å². The lowest BCUT2D eigenvalue weighted by molar-refractivity contribution is 0.0873. The molecule has 0 unspecified atom stereocenters. The Labute approximate surface area is 213 Å². The van der Waals surface area contributed by atoms with Crippen LogP contribution in [0.3, 0.4) is 0 Å². The highest BCUT2D eigenvalue weighted by atomic mass is 32.2. The van der Waals surface area contributed by atoms with Crippen molar-refractivity contribution >= 4 is 16.1 Å². The van der Waals surface area contributed by atoms with Gasteiger partial charge < -0.3 is 15.2 Å². The third-order valence-corrected chi connectivity index (χ3v) is 7.35. The van der Waals surface area contributed by atoms with E-state index in [9.17, 15) is 18.3 Å². The molecule has 3 rings (SSSR count). The predicted octanol–water partition coefficient (Wildman–Crippen LogP) is 3.63. The number of pyridine rings is 1. The fraction of sp³-hybridized carbons (Fsp3) is 0.333. The van der Waals surface area contributed by atoms with Crippen LogP contribution in [0, 0.1) is 5.92 Å². The number of hydrogen-bond acceptors (Lipinski definition) is 6. The summed E-state index contributed by atoms with van der Waals surface area (Å²) in [7, 11) is -3.85. The van der Waals surface area contributed by atoms with Crippen LogP contribution in [0.4, 0.5) is 4.79 Å². The third-order valence-electron chi connectivity index (χ3n) is 5.50. The summed E-state index contributed by atoms with van der Waals surface area (Å²) in [6, 6.07) is 20.3. The average molecular weight is 512 g/mol. The number of ether oxygens (including phenoxy) is 1. The number of aromatic nitrogens is 1. The van der Waals surface area contributed by atoms with Crippen molar-refractivity contribution in [3.8, 4) is 0 Å². The Balaban J connectivity index is 1.77. The van der Waals surface area contributed by atoms with Gasteiger partial charge in [0.05, 0.1) is 17.0 Å². The largest absolute Gasteiger partial charge is 0.445 e. The van der Waals surface area contributed by atoms with E-state index in [2.05, 4.69) is 10.3 Å². The number of alkyl carbamates (subject to hydrolysis) is 1. The first-order valence-corrected chi connectivity index (χ1v) is 13.3. The van der Waals surface area contributed by atoms with E-state index < -0.39 is 28.3 Å². The van der Waals surface area contributed by atoms with E-state index in [4.69, 9.17) is 4.74 Å². The lowest BCUT2D eigenvalue weighted by Gasteiger charge is -2.30. The van der Waals surface area contributed by atoms with Crippen molar-refractivity contribution in [3.05, 3.63) is 96.3 Å². The lowest BCUT2D eigenvalue weighted by Crippen LogP contribution is -2.51. The molecule has 0 aliphatic carbocycles. The second kappa shape index (κ2) is 13.2. The van der Waals surface area contributed by atoms with Crippen LogP contribution in [0.2, 0.25) is 0 Å². The molecule has 0 fully saturated rings. The molecule has 8 nitrogen and oxygen atoms in total. The Bertz CT molecular complexity index is 1180. The minimum atomic E-state index is -3.85. The van der Waals surface area contributed by atoms with Gasteiger partial charge in [0.15, 0.2) is 0 Å². The number of benzene rings is 2. The zero-order chi connectivity index (χ0) is 26.0. The molecule has 0 aliphatic heterocycles. The molecule has 1 aromatic heterocycles. The van der Waals surface area contributed by atoms with E-state index in [0.29, 0.717) is 6.42 Å². The fourth-order valence-corrected chi connectivity index (χ4v) is 5.37. The molecular formula is C27H33N3O5S. The molecule has 0 aliphatic rings. The van der Waals surface area contributed by atoms with E-state index in [-0.39, 0.29) is 30.5 Å². The van der Waals surface area contributed by atoms with Gasteiger partial charge in [-0.25, -0.2) is 13.2 Å². The number of aliphatic hydroxyl groups excluding tert-OH is 1. The van der Waals surface area contributed by atoms with Crippen LogP contribution in [-0.4, -0.2) is 54.1 Å². The molecule has 2 aromatic carbocycles. The monoisotopic (exact) mass is 511 g/mol. The summed E-state index contributed by atoms with van der Waals surface area (Å²) < 4.78 is 33.3. The molecular weight excluding hydrogens is 478 g/mol. The third kappa shape index (κ3) is 8.15. The molecule has 192 valence electrons. The molecule has 3 aromatic rings. The molecule has 36 heavy (non-hydrogen) atoms. The van der Waals surface area contributed by atoms with Crippen LogP contribution in [0.1, 0.15) is 25.0 Å². The van der Waals surface area contributed by atoms with Gasteiger partial charge in [0.1, 0.15) is 6.61 Å². The first-order valence-electron chi connectivity index (χ1n) is 11.8. The average Bonchev–Trinajstić information content (AvgIpc) is 2.88. The highest BCUT2D eigenvalue weighted by Gasteiger charge is 2.31. The van der Waals surface area contributed by atoms with Crippen LogP contribution in [0.25, 0.3) is 0 Å². The standard InChI is InChI=1S/C27H33N3O5S/c1-21(2)18-30(36(33,34)24-13-7-4-8-14-24)19-26(31)25(16-22-10-5-3-6-11-22)29-27(32)35-20-23-12-9-15-28-17-23/h3-15,17,21,25-26,31H,16,18-20H2,1-2H3,(H,29,32)/t25-,26+/m0/s1. The van der Waals surface area contributed by atoms with E-state index in [1.165, 1.54) is 16.4 Å². The van der Waals surface area contributed by atoms with E-state index >= 15 is 0 Å². The number of amides is 1. The molecule has 0 saturated heterocycles. The van der Waals surface area contributed by atoms with E-state index in [0.717, 1.165) is 11.1 Å². The Hall–Kier alpha value is -3.27. The van der Waals surface area contributed by atoms with Gasteiger partial charge in [-0.1, -0.05) is 68.4 Å². The quantitative estimate of drug-likeness (QED) is 0.384. The first kappa shape index (κ1) is 27.3. The SMILES string of the molecule is CC(C)CN(C[C@@H](O)[C@H](Cc1ccccc1)NC(=O)OCc1cccnc1)S(=O)(=O)c1ccccc1. The van der Waals surface area contributed by atoms with E-state index in [1.54, 1.807) is 42.7 Å². The topological polar surface area (TPSA) is 109 Å². The van der Waals surface area contributed by atoms with Gasteiger partial charge >= 0.3 is 6.09 Å². The highest BCUT2D eigenvalue weighted by Crippen LogP contribution is 2.19. The molecule has 0 spiro atoms. The van der Waals surface area contributed by atoms with Gasteiger partial charge in [0.2, 0.25) is 10.0 Å². The highest BCUT2D eigenvalue weighted by molar-refractivity contribution is 7.89. The number of nitrogens with zero attached hydrogens (tertiary/aromatic N) is 2. The van der Waals surface area contributed by atoms with Crippen LogP contribution in [-0.2, 0) is 27.8 Å². The number of hydrogen-bond donors (Lipinski definition) is 2. The van der Waals surface area contributed by atoms with Crippen LogP contribution >= 0.6 is 0 Å². The second-order valence-corrected chi connectivity index (χ2v) is 10.9. The van der Waals surface area contributed by atoms with Crippen molar-refractivity contribution in [2.75, 3.05) is 13.1 Å². The molecule has 1 heterocycles. The maximum absolute atomic E-state index is 13.4.